The maximum absolute atomic E-state index is 2.52. The summed E-state index contributed by atoms with van der Waals surface area (Å²) in [6, 6.07) is 104. The van der Waals surface area contributed by atoms with Crippen LogP contribution in [0.3, 0.4) is 0 Å². The van der Waals surface area contributed by atoms with E-state index in [4.69, 9.17) is 0 Å². The first kappa shape index (κ1) is 51.9. The van der Waals surface area contributed by atoms with E-state index < -0.39 is 0 Å². The Morgan fingerprint density at radius 3 is 0.695 bits per heavy atom. The van der Waals surface area contributed by atoms with Gasteiger partial charge in [-0.3, -0.25) is 0 Å². The van der Waals surface area contributed by atoms with Gasteiger partial charge in [0.2, 0.25) is 0 Å². The largest absolute Gasteiger partial charge is 0.343 e. The van der Waals surface area contributed by atoms with Crippen molar-refractivity contribution in [3.8, 4) is 111 Å². The third kappa shape index (κ3) is 9.77. The highest BCUT2D eigenvalue weighted by Gasteiger charge is 2.27. The summed E-state index contributed by atoms with van der Waals surface area (Å²) in [6.45, 7) is 14.1. The van der Waals surface area contributed by atoms with Crippen molar-refractivity contribution in [2.45, 2.75) is 52.4 Å². The van der Waals surface area contributed by atoms with Crippen molar-refractivity contribution in [2.24, 2.45) is 7.05 Å². The number of hydrogen-bond donors (Lipinski definition) is 0. The number of aromatic nitrogens is 1. The summed E-state index contributed by atoms with van der Waals surface area (Å²) in [5, 5.41) is 2.53. The predicted octanol–water partition coefficient (Wildman–Crippen LogP) is 22.6. The molecule has 0 aliphatic rings. The zero-order valence-electron chi connectivity index (χ0n) is 48.0. The maximum Gasteiger partial charge on any atom is 0.0568 e. The summed E-state index contributed by atoms with van der Waals surface area (Å²) in [4.78, 5) is 0. The van der Waals surface area contributed by atoms with Gasteiger partial charge in [0.25, 0.3) is 0 Å². The summed E-state index contributed by atoms with van der Waals surface area (Å²) < 4.78 is 2.52. The Hall–Kier alpha value is -9.56. The second-order valence-corrected chi connectivity index (χ2v) is 24.1. The van der Waals surface area contributed by atoms with Crippen LogP contribution in [0.5, 0.6) is 0 Å². The summed E-state index contributed by atoms with van der Waals surface area (Å²) in [6.07, 6.45) is 0. The standard InChI is InChI=1S/C81H67N/c1-80(2,3)64-50-74(72-42-26-24-40-70(72)68-38-22-20-36-66(68)62-46-58(54-28-12-8-13-29-54)44-59(47-62)55-30-14-9-15-31-55)78-76(52-64)77-53-65(81(4,5)6)51-75(79(77)82(78)7)73-43-27-25-41-71(73)69-39-23-21-37-67(69)63-48-60(56-32-16-10-17-33-56)45-61(49-63)57-34-18-11-19-35-57/h8-53H,1-7H3. The molecule has 0 radical (unpaired) electrons. The third-order valence-corrected chi connectivity index (χ3v) is 16.7. The zero-order valence-corrected chi connectivity index (χ0v) is 48.0. The zero-order chi connectivity index (χ0) is 56.1. The van der Waals surface area contributed by atoms with Crippen LogP contribution in [0.25, 0.3) is 133 Å². The summed E-state index contributed by atoms with van der Waals surface area (Å²) >= 11 is 0. The summed E-state index contributed by atoms with van der Waals surface area (Å²) in [7, 11) is 2.30. The molecule has 13 rings (SSSR count). The van der Waals surface area contributed by atoms with Crippen molar-refractivity contribution in [1.29, 1.82) is 0 Å². The molecule has 13 aromatic rings. The third-order valence-electron chi connectivity index (χ3n) is 16.7. The molecule has 0 saturated carbocycles. The molecule has 0 bridgehead atoms. The van der Waals surface area contributed by atoms with Crippen LogP contribution < -0.4 is 0 Å². The molecule has 0 N–H and O–H groups in total. The van der Waals surface area contributed by atoms with Gasteiger partial charge < -0.3 is 4.57 Å². The van der Waals surface area contributed by atoms with E-state index in [1.54, 1.807) is 0 Å². The lowest BCUT2D eigenvalue weighted by Gasteiger charge is -2.23. The number of benzene rings is 12. The SMILES string of the molecule is Cn1c2c(-c3ccccc3-c3ccccc3-c3cc(-c4ccccc4)cc(-c4ccccc4)c3)cc(C(C)(C)C)cc2c2cc(C(C)(C)C)cc(-c3ccccc3-c3ccccc3-c3cc(-c4ccccc4)cc(-c4ccccc4)c3)c21. The first-order valence-corrected chi connectivity index (χ1v) is 28.9. The molecule has 0 unspecified atom stereocenters. The van der Waals surface area contributed by atoms with Crippen molar-refractivity contribution < 1.29 is 0 Å². The predicted molar refractivity (Wildman–Crippen MR) is 352 cm³/mol. The van der Waals surface area contributed by atoms with Crippen molar-refractivity contribution in [3.05, 3.63) is 290 Å². The highest BCUT2D eigenvalue weighted by molar-refractivity contribution is 6.18. The van der Waals surface area contributed by atoms with E-state index in [0.29, 0.717) is 0 Å². The average Bonchev–Trinajstić information content (AvgIpc) is 4.08. The average molecular weight is 1050 g/mol. The van der Waals surface area contributed by atoms with Crippen molar-refractivity contribution in [1.82, 2.24) is 4.57 Å². The number of rotatable bonds is 10. The lowest BCUT2D eigenvalue weighted by Crippen LogP contribution is -2.11. The molecular formula is C81H67N. The molecule has 0 aliphatic carbocycles. The Balaban J connectivity index is 1.04. The summed E-state index contributed by atoms with van der Waals surface area (Å²) in [5.41, 5.74) is 28.8. The molecule has 0 atom stereocenters. The van der Waals surface area contributed by atoms with E-state index >= 15 is 0 Å². The molecule has 0 aliphatic heterocycles. The molecule has 396 valence electrons. The minimum atomic E-state index is -0.136. The summed E-state index contributed by atoms with van der Waals surface area (Å²) in [5.74, 6) is 0. The molecule has 0 spiro atoms. The molecule has 1 heterocycles. The smallest absolute Gasteiger partial charge is 0.0568 e. The van der Waals surface area contributed by atoms with Crippen LogP contribution in [0.2, 0.25) is 0 Å². The van der Waals surface area contributed by atoms with Crippen molar-refractivity contribution in [2.75, 3.05) is 0 Å². The first-order valence-electron chi connectivity index (χ1n) is 28.9. The number of nitrogens with zero attached hydrogens (tertiary/aromatic N) is 1. The van der Waals surface area contributed by atoms with E-state index in [0.717, 1.165) is 0 Å². The molecule has 1 aromatic heterocycles. The Kier molecular flexibility index (Phi) is 13.4. The van der Waals surface area contributed by atoms with Crippen LogP contribution in [-0.4, -0.2) is 4.57 Å². The van der Waals surface area contributed by atoms with Crippen LogP contribution in [0.15, 0.2) is 279 Å². The van der Waals surface area contributed by atoms with Gasteiger partial charge in [0.1, 0.15) is 0 Å². The molecular weight excluding hydrogens is 987 g/mol. The fourth-order valence-corrected chi connectivity index (χ4v) is 12.4. The Bertz CT molecular complexity index is 4080. The highest BCUT2D eigenvalue weighted by atomic mass is 14.9. The van der Waals surface area contributed by atoms with Crippen molar-refractivity contribution in [3.63, 3.8) is 0 Å². The lowest BCUT2D eigenvalue weighted by molar-refractivity contribution is 0.590. The molecule has 0 amide bonds. The maximum atomic E-state index is 2.52. The van der Waals surface area contributed by atoms with Gasteiger partial charge in [-0.2, -0.15) is 0 Å². The van der Waals surface area contributed by atoms with Gasteiger partial charge >= 0.3 is 0 Å². The number of fused-ring (bicyclic) bond motifs is 3. The van der Waals surface area contributed by atoms with Gasteiger partial charge in [-0.1, -0.05) is 260 Å². The molecule has 12 aromatic carbocycles. The molecule has 1 nitrogen and oxygen atoms in total. The minimum absolute atomic E-state index is 0.136. The minimum Gasteiger partial charge on any atom is -0.343 e. The molecule has 82 heavy (non-hydrogen) atoms. The van der Waals surface area contributed by atoms with Crippen LogP contribution in [-0.2, 0) is 17.9 Å². The van der Waals surface area contributed by atoms with Gasteiger partial charge in [0, 0.05) is 28.9 Å². The van der Waals surface area contributed by atoms with Gasteiger partial charge in [0.15, 0.2) is 0 Å². The Morgan fingerprint density at radius 2 is 0.427 bits per heavy atom. The lowest BCUT2D eigenvalue weighted by atomic mass is 9.81. The van der Waals surface area contributed by atoms with Crippen LogP contribution in [0, 0.1) is 0 Å². The highest BCUT2D eigenvalue weighted by Crippen LogP contribution is 2.49. The molecule has 0 saturated heterocycles. The molecule has 0 fully saturated rings. The molecule has 1 heteroatoms. The Morgan fingerprint density at radius 1 is 0.207 bits per heavy atom. The Labute approximate surface area is 484 Å². The van der Waals surface area contributed by atoms with Gasteiger partial charge in [-0.25, -0.2) is 0 Å². The van der Waals surface area contributed by atoms with E-state index in [9.17, 15) is 0 Å². The van der Waals surface area contributed by atoms with Gasteiger partial charge in [-0.15, -0.1) is 0 Å². The number of aryl methyl sites for hydroxylation is 1. The van der Waals surface area contributed by atoms with E-state index in [2.05, 4.69) is 332 Å². The van der Waals surface area contributed by atoms with E-state index in [1.807, 2.05) is 0 Å². The fourth-order valence-electron chi connectivity index (χ4n) is 12.4. The van der Waals surface area contributed by atoms with Crippen LogP contribution >= 0.6 is 0 Å². The number of hydrogen-bond acceptors (Lipinski definition) is 0. The van der Waals surface area contributed by atoms with Gasteiger partial charge in [0.05, 0.1) is 11.0 Å². The second kappa shape index (κ2) is 21.2. The topological polar surface area (TPSA) is 4.93 Å². The normalized spacial score (nSPS) is 11.8. The van der Waals surface area contributed by atoms with E-state index in [1.165, 1.54) is 144 Å². The fraction of sp³-hybridized carbons (Fsp3) is 0.111. The van der Waals surface area contributed by atoms with Gasteiger partial charge in [-0.05, 0) is 183 Å². The van der Waals surface area contributed by atoms with Crippen LogP contribution in [0.4, 0.5) is 0 Å². The van der Waals surface area contributed by atoms with Crippen LogP contribution in [0.1, 0.15) is 52.7 Å². The monoisotopic (exact) mass is 1050 g/mol. The second-order valence-electron chi connectivity index (χ2n) is 24.1. The quantitative estimate of drug-likeness (QED) is 0.129. The first-order chi connectivity index (χ1) is 39.9. The van der Waals surface area contributed by atoms with E-state index in [-0.39, 0.29) is 10.8 Å². The van der Waals surface area contributed by atoms with Crippen molar-refractivity contribution >= 4 is 21.8 Å².